The van der Waals surface area contributed by atoms with E-state index >= 15 is 0 Å². The Morgan fingerprint density at radius 1 is 1.00 bits per heavy atom. The molecule has 5 nitrogen and oxygen atoms in total. The maximum atomic E-state index is 13.4. The van der Waals surface area contributed by atoms with E-state index in [-0.39, 0.29) is 16.7 Å². The highest BCUT2D eigenvalue weighted by Gasteiger charge is 2.19. The molecule has 5 heteroatoms. The molecule has 0 unspecified atom stereocenters. The first-order valence-electron chi connectivity index (χ1n) is 10.9. The fourth-order valence-electron chi connectivity index (χ4n) is 3.18. The molecule has 0 saturated carbocycles. The van der Waals surface area contributed by atoms with Crippen LogP contribution in [0.5, 0.6) is 5.75 Å². The Balaban J connectivity index is 0.00000166. The number of phenolic OH excluding ortho intramolecular Hbond substituents is 1. The van der Waals surface area contributed by atoms with Crippen LogP contribution in [0.2, 0.25) is 0 Å². The van der Waals surface area contributed by atoms with E-state index in [0.29, 0.717) is 42.3 Å². The molecule has 2 N–H and O–H groups in total. The number of anilines is 1. The number of aromatic nitrogens is 2. The Hall–Kier alpha value is -3.08. The predicted octanol–water partition coefficient (Wildman–Crippen LogP) is 5.65. The number of aryl methyl sites for hydroxylation is 2. The van der Waals surface area contributed by atoms with Crippen LogP contribution < -0.4 is 10.9 Å². The van der Waals surface area contributed by atoms with Gasteiger partial charge in [-0.3, -0.25) is 9.36 Å². The van der Waals surface area contributed by atoms with Crippen molar-refractivity contribution in [2.75, 3.05) is 11.9 Å². The van der Waals surface area contributed by atoms with Crippen LogP contribution >= 0.6 is 0 Å². The van der Waals surface area contributed by atoms with Crippen molar-refractivity contribution in [1.29, 1.82) is 0 Å². The van der Waals surface area contributed by atoms with Gasteiger partial charge in [0.15, 0.2) is 0 Å². The number of hydrogen-bond donors (Lipinski definition) is 2. The normalized spacial score (nSPS) is 10.9. The van der Waals surface area contributed by atoms with Crippen molar-refractivity contribution in [2.24, 2.45) is 5.41 Å². The van der Waals surface area contributed by atoms with Gasteiger partial charge in [-0.15, -0.1) is 0 Å². The second-order valence-corrected chi connectivity index (χ2v) is 8.52. The molecule has 1 heterocycles. The Morgan fingerprint density at radius 3 is 2.23 bits per heavy atom. The van der Waals surface area contributed by atoms with Gasteiger partial charge < -0.3 is 10.4 Å². The molecule has 0 fully saturated rings. The third-order valence-electron chi connectivity index (χ3n) is 4.76. The quantitative estimate of drug-likeness (QED) is 0.540. The highest BCUT2D eigenvalue weighted by molar-refractivity contribution is 5.65. The van der Waals surface area contributed by atoms with Gasteiger partial charge in [0.25, 0.3) is 5.56 Å². The highest BCUT2D eigenvalue weighted by atomic mass is 16.3. The lowest BCUT2D eigenvalue weighted by Gasteiger charge is -2.22. The number of benzene rings is 2. The van der Waals surface area contributed by atoms with Gasteiger partial charge >= 0.3 is 0 Å². The molecular formula is C26H35N3O2. The first-order valence-corrected chi connectivity index (χ1v) is 10.9. The molecule has 0 aliphatic carbocycles. The molecule has 2 aromatic carbocycles. The lowest BCUT2D eigenvalue weighted by molar-refractivity contribution is 0.442. The molecule has 0 amide bonds. The monoisotopic (exact) mass is 421 g/mol. The molecule has 0 atom stereocenters. The van der Waals surface area contributed by atoms with Crippen LogP contribution in [0.1, 0.15) is 45.9 Å². The summed E-state index contributed by atoms with van der Waals surface area (Å²) < 4.78 is 1.67. The SMILES string of the molecule is CC.Cc1nc(-c2ccccc2O)n(CCc2ccccc2)c(=O)c1NCC(C)(C)C. The van der Waals surface area contributed by atoms with Gasteiger partial charge in [-0.25, -0.2) is 4.98 Å². The zero-order valence-corrected chi connectivity index (χ0v) is 19.6. The molecule has 166 valence electrons. The minimum atomic E-state index is -0.115. The number of hydrogen-bond acceptors (Lipinski definition) is 4. The van der Waals surface area contributed by atoms with E-state index in [4.69, 9.17) is 4.98 Å². The molecule has 0 saturated heterocycles. The minimum Gasteiger partial charge on any atom is -0.507 e. The standard InChI is InChI=1S/C24H29N3O2.C2H6/c1-17-21(25-16-24(2,3)4)23(29)27(15-14-18-10-6-5-7-11-18)22(26-17)19-12-8-9-13-20(19)28;1-2/h5-13,25,28H,14-16H2,1-4H3;1-2H3. The maximum Gasteiger partial charge on any atom is 0.277 e. The molecule has 3 aromatic rings. The average Bonchev–Trinajstić information content (AvgIpc) is 2.74. The zero-order chi connectivity index (χ0) is 23.0. The maximum absolute atomic E-state index is 13.4. The minimum absolute atomic E-state index is 0.0319. The summed E-state index contributed by atoms with van der Waals surface area (Å²) in [4.78, 5) is 18.1. The van der Waals surface area contributed by atoms with Crippen molar-refractivity contribution in [1.82, 2.24) is 9.55 Å². The molecule has 0 aliphatic rings. The number of phenols is 1. The lowest BCUT2D eigenvalue weighted by Crippen LogP contribution is -2.31. The molecule has 0 spiro atoms. The number of nitrogens with zero attached hydrogens (tertiary/aromatic N) is 2. The fraction of sp³-hybridized carbons (Fsp3) is 0.385. The third-order valence-corrected chi connectivity index (χ3v) is 4.76. The molecule has 0 bridgehead atoms. The summed E-state index contributed by atoms with van der Waals surface area (Å²) in [6.07, 6.45) is 0.699. The van der Waals surface area contributed by atoms with Crippen molar-refractivity contribution in [3.8, 4) is 17.1 Å². The predicted molar refractivity (Wildman–Crippen MR) is 130 cm³/mol. The molecular weight excluding hydrogens is 386 g/mol. The Kier molecular flexibility index (Phi) is 8.43. The van der Waals surface area contributed by atoms with Crippen LogP contribution in [0.4, 0.5) is 5.69 Å². The van der Waals surface area contributed by atoms with Crippen LogP contribution in [0.15, 0.2) is 59.4 Å². The van der Waals surface area contributed by atoms with Gasteiger partial charge in [0.1, 0.15) is 17.3 Å². The fourth-order valence-corrected chi connectivity index (χ4v) is 3.18. The van der Waals surface area contributed by atoms with Crippen molar-refractivity contribution >= 4 is 5.69 Å². The zero-order valence-electron chi connectivity index (χ0n) is 19.6. The van der Waals surface area contributed by atoms with E-state index in [1.165, 1.54) is 0 Å². The summed E-state index contributed by atoms with van der Waals surface area (Å²) in [5, 5.41) is 13.7. The Labute approximate surface area is 185 Å². The summed E-state index contributed by atoms with van der Waals surface area (Å²) in [7, 11) is 0. The van der Waals surface area contributed by atoms with Crippen LogP contribution in [-0.4, -0.2) is 21.2 Å². The van der Waals surface area contributed by atoms with Crippen molar-refractivity contribution in [2.45, 2.75) is 54.5 Å². The second-order valence-electron chi connectivity index (χ2n) is 8.52. The summed E-state index contributed by atoms with van der Waals surface area (Å²) in [6.45, 7) is 13.3. The third kappa shape index (κ3) is 6.45. The van der Waals surface area contributed by atoms with E-state index in [1.807, 2.05) is 57.2 Å². The second kappa shape index (κ2) is 10.8. The van der Waals surface area contributed by atoms with Crippen LogP contribution in [0, 0.1) is 12.3 Å². The van der Waals surface area contributed by atoms with E-state index in [1.54, 1.807) is 22.8 Å². The van der Waals surface area contributed by atoms with E-state index in [9.17, 15) is 9.90 Å². The topological polar surface area (TPSA) is 67.2 Å². The number of aromatic hydroxyl groups is 1. The van der Waals surface area contributed by atoms with Gasteiger partial charge in [0.05, 0.1) is 11.3 Å². The molecule has 3 rings (SSSR count). The van der Waals surface area contributed by atoms with Gasteiger partial charge in [-0.2, -0.15) is 0 Å². The molecule has 0 radical (unpaired) electrons. The van der Waals surface area contributed by atoms with Gasteiger partial charge in [-0.05, 0) is 36.5 Å². The van der Waals surface area contributed by atoms with E-state index in [2.05, 4.69) is 26.1 Å². The van der Waals surface area contributed by atoms with Gasteiger partial charge in [-0.1, -0.05) is 77.1 Å². The molecule has 31 heavy (non-hydrogen) atoms. The number of para-hydroxylation sites is 1. The summed E-state index contributed by atoms with van der Waals surface area (Å²) >= 11 is 0. The summed E-state index contributed by atoms with van der Waals surface area (Å²) in [6, 6.07) is 17.1. The first-order chi connectivity index (χ1) is 14.8. The van der Waals surface area contributed by atoms with Crippen LogP contribution in [0.25, 0.3) is 11.4 Å². The van der Waals surface area contributed by atoms with E-state index in [0.717, 1.165) is 5.56 Å². The number of nitrogens with one attached hydrogen (secondary N) is 1. The highest BCUT2D eigenvalue weighted by Crippen LogP contribution is 2.28. The summed E-state index contributed by atoms with van der Waals surface area (Å²) in [5.74, 6) is 0.602. The Bertz CT molecular complexity index is 1030. The average molecular weight is 422 g/mol. The van der Waals surface area contributed by atoms with Crippen LogP contribution in [-0.2, 0) is 13.0 Å². The lowest BCUT2D eigenvalue weighted by atomic mass is 9.97. The largest absolute Gasteiger partial charge is 0.507 e. The van der Waals surface area contributed by atoms with Gasteiger partial charge in [0, 0.05) is 13.1 Å². The summed E-state index contributed by atoms with van der Waals surface area (Å²) in [5.41, 5.74) is 2.77. The molecule has 1 aromatic heterocycles. The Morgan fingerprint density at radius 2 is 1.61 bits per heavy atom. The first kappa shape index (κ1) is 24.2. The number of rotatable bonds is 6. The van der Waals surface area contributed by atoms with E-state index < -0.39 is 0 Å². The molecule has 0 aliphatic heterocycles. The van der Waals surface area contributed by atoms with Gasteiger partial charge in [0.2, 0.25) is 0 Å². The van der Waals surface area contributed by atoms with Crippen molar-refractivity contribution < 1.29 is 5.11 Å². The smallest absolute Gasteiger partial charge is 0.277 e. The van der Waals surface area contributed by atoms with Crippen molar-refractivity contribution in [3.63, 3.8) is 0 Å². The van der Waals surface area contributed by atoms with Crippen LogP contribution in [0.3, 0.4) is 0 Å². The van der Waals surface area contributed by atoms with Crippen molar-refractivity contribution in [3.05, 3.63) is 76.2 Å².